The molecule has 0 bridgehead atoms. The molecule has 5 rings (SSSR count). The van der Waals surface area contributed by atoms with Crippen LogP contribution in [0.15, 0.2) is 112 Å². The lowest BCUT2D eigenvalue weighted by atomic mass is 9.94. The summed E-state index contributed by atoms with van der Waals surface area (Å²) >= 11 is 3.53. The number of carbonyl (C=O) groups excluding carboxylic acids is 2. The smallest absolute Gasteiger partial charge is 0.264 e. The Labute approximate surface area is 292 Å². The van der Waals surface area contributed by atoms with Crippen LogP contribution in [0.3, 0.4) is 0 Å². The van der Waals surface area contributed by atoms with Crippen LogP contribution >= 0.6 is 15.9 Å². The molecule has 1 fully saturated rings. The van der Waals surface area contributed by atoms with Crippen LogP contribution in [0.5, 0.6) is 5.75 Å². The molecule has 8 nitrogen and oxygen atoms in total. The molecule has 2 amide bonds. The van der Waals surface area contributed by atoms with Gasteiger partial charge in [-0.25, -0.2) is 8.42 Å². The van der Waals surface area contributed by atoms with Crippen molar-refractivity contribution in [3.63, 3.8) is 0 Å². The van der Waals surface area contributed by atoms with Crippen molar-refractivity contribution in [2.24, 2.45) is 0 Å². The van der Waals surface area contributed by atoms with Crippen molar-refractivity contribution >= 4 is 43.5 Å². The zero-order valence-corrected chi connectivity index (χ0v) is 29.8. The Hall–Kier alpha value is -4.15. The van der Waals surface area contributed by atoms with E-state index in [1.807, 2.05) is 61.5 Å². The first kappa shape index (κ1) is 35.2. The Morgan fingerprint density at radius 2 is 1.54 bits per heavy atom. The van der Waals surface area contributed by atoms with Crippen molar-refractivity contribution in [1.29, 1.82) is 0 Å². The SMILES string of the molecule is COc1ccc(N(CC(=O)N(Cc2cccc(Br)c2)C(Cc2ccccc2)C(=O)NC2CCCCC2)S(=O)(=O)c2ccc(C)cc2)cc1. The van der Waals surface area contributed by atoms with E-state index in [0.717, 1.165) is 57.6 Å². The summed E-state index contributed by atoms with van der Waals surface area (Å²) in [6.07, 6.45) is 5.29. The van der Waals surface area contributed by atoms with Gasteiger partial charge in [0.2, 0.25) is 11.8 Å². The third-order valence-corrected chi connectivity index (χ3v) is 11.0. The zero-order chi connectivity index (χ0) is 34.1. The lowest BCUT2D eigenvalue weighted by molar-refractivity contribution is -0.140. The Bertz CT molecular complexity index is 1780. The number of methoxy groups -OCH3 is 1. The molecule has 1 saturated carbocycles. The second kappa shape index (κ2) is 16.3. The average molecular weight is 733 g/mol. The molecule has 10 heteroatoms. The monoisotopic (exact) mass is 731 g/mol. The van der Waals surface area contributed by atoms with Gasteiger partial charge >= 0.3 is 0 Å². The fraction of sp³-hybridized carbons (Fsp3) is 0.316. The van der Waals surface area contributed by atoms with Crippen molar-refractivity contribution in [1.82, 2.24) is 10.2 Å². The minimum Gasteiger partial charge on any atom is -0.497 e. The zero-order valence-electron chi connectivity index (χ0n) is 27.3. The lowest BCUT2D eigenvalue weighted by Crippen LogP contribution is -2.55. The van der Waals surface area contributed by atoms with E-state index in [1.165, 1.54) is 12.0 Å². The number of carbonyl (C=O) groups is 2. The predicted octanol–water partition coefficient (Wildman–Crippen LogP) is 7.05. The summed E-state index contributed by atoms with van der Waals surface area (Å²) in [5, 5.41) is 3.24. The molecule has 0 aliphatic heterocycles. The molecule has 1 aliphatic rings. The number of anilines is 1. The van der Waals surface area contributed by atoms with E-state index in [-0.39, 0.29) is 29.8 Å². The summed E-state index contributed by atoms with van der Waals surface area (Å²) in [4.78, 5) is 30.5. The molecule has 1 aliphatic carbocycles. The van der Waals surface area contributed by atoms with Crippen LogP contribution in [0.4, 0.5) is 5.69 Å². The van der Waals surface area contributed by atoms with Crippen LogP contribution < -0.4 is 14.4 Å². The van der Waals surface area contributed by atoms with E-state index >= 15 is 0 Å². The average Bonchev–Trinajstić information content (AvgIpc) is 3.09. The van der Waals surface area contributed by atoms with E-state index in [2.05, 4.69) is 21.2 Å². The molecule has 0 aromatic heterocycles. The number of sulfonamides is 1. The van der Waals surface area contributed by atoms with Gasteiger partial charge in [-0.1, -0.05) is 95.4 Å². The fourth-order valence-electron chi connectivity index (χ4n) is 6.04. The van der Waals surface area contributed by atoms with Crippen molar-refractivity contribution in [3.05, 3.63) is 124 Å². The van der Waals surface area contributed by atoms with E-state index in [0.29, 0.717) is 11.4 Å². The number of amides is 2. The first-order chi connectivity index (χ1) is 23.1. The highest BCUT2D eigenvalue weighted by atomic mass is 79.9. The molecular formula is C38H42BrN3O5S. The number of ether oxygens (including phenoxy) is 1. The van der Waals surface area contributed by atoms with E-state index in [9.17, 15) is 18.0 Å². The molecule has 0 spiro atoms. The van der Waals surface area contributed by atoms with Gasteiger partial charge < -0.3 is 15.0 Å². The van der Waals surface area contributed by atoms with E-state index in [4.69, 9.17) is 4.74 Å². The highest BCUT2D eigenvalue weighted by Gasteiger charge is 2.35. The lowest BCUT2D eigenvalue weighted by Gasteiger charge is -2.35. The van der Waals surface area contributed by atoms with Crippen molar-refractivity contribution in [3.8, 4) is 5.75 Å². The third-order valence-electron chi connectivity index (χ3n) is 8.71. The maximum Gasteiger partial charge on any atom is 0.264 e. The standard InChI is InChI=1S/C38H42BrN3O5S/c1-28-16-22-35(23-17-28)48(45,46)42(33-18-20-34(47-2)21-19-33)27-37(43)41(26-30-12-9-13-31(39)24-30)36(25-29-10-5-3-6-11-29)38(44)40-32-14-7-4-8-15-32/h3,5-6,9-13,16-24,32,36H,4,7-8,14-15,25-27H2,1-2H3,(H,40,44). The summed E-state index contributed by atoms with van der Waals surface area (Å²) in [7, 11) is -2.66. The number of nitrogens with zero attached hydrogens (tertiary/aromatic N) is 2. The van der Waals surface area contributed by atoms with Gasteiger partial charge in [-0.15, -0.1) is 0 Å². The molecule has 0 radical (unpaired) electrons. The fourth-order valence-corrected chi connectivity index (χ4v) is 7.91. The van der Waals surface area contributed by atoms with Crippen LogP contribution in [0.1, 0.15) is 48.8 Å². The molecule has 4 aromatic carbocycles. The van der Waals surface area contributed by atoms with Gasteiger partial charge in [0.1, 0.15) is 18.3 Å². The summed E-state index contributed by atoms with van der Waals surface area (Å²) in [5.41, 5.74) is 2.92. The molecule has 1 unspecified atom stereocenters. The quantitative estimate of drug-likeness (QED) is 0.159. The molecule has 1 atom stereocenters. The van der Waals surface area contributed by atoms with Gasteiger partial charge in [0, 0.05) is 23.5 Å². The Balaban J connectivity index is 1.56. The first-order valence-electron chi connectivity index (χ1n) is 16.3. The summed E-state index contributed by atoms with van der Waals surface area (Å²) < 4.78 is 35.8. The van der Waals surface area contributed by atoms with Crippen LogP contribution in [-0.2, 0) is 32.6 Å². The Morgan fingerprint density at radius 3 is 2.19 bits per heavy atom. The van der Waals surface area contributed by atoms with Crippen LogP contribution in [-0.4, -0.2) is 50.9 Å². The predicted molar refractivity (Wildman–Crippen MR) is 192 cm³/mol. The summed E-state index contributed by atoms with van der Waals surface area (Å²) in [6, 6.07) is 29.4. The molecule has 1 N–H and O–H groups in total. The van der Waals surface area contributed by atoms with Gasteiger partial charge in [-0.3, -0.25) is 13.9 Å². The molecule has 0 saturated heterocycles. The maximum absolute atomic E-state index is 14.7. The highest BCUT2D eigenvalue weighted by Crippen LogP contribution is 2.28. The molecular weight excluding hydrogens is 690 g/mol. The number of halogens is 1. The number of nitrogens with one attached hydrogen (secondary N) is 1. The second-order valence-electron chi connectivity index (χ2n) is 12.2. The summed E-state index contributed by atoms with van der Waals surface area (Å²) in [5.74, 6) is -0.191. The summed E-state index contributed by atoms with van der Waals surface area (Å²) in [6.45, 7) is 1.47. The Morgan fingerprint density at radius 1 is 0.875 bits per heavy atom. The number of benzene rings is 4. The van der Waals surface area contributed by atoms with Gasteiger partial charge in [0.15, 0.2) is 0 Å². The molecule has 48 heavy (non-hydrogen) atoms. The van der Waals surface area contributed by atoms with Crippen LogP contribution in [0, 0.1) is 6.92 Å². The van der Waals surface area contributed by atoms with Crippen LogP contribution in [0.2, 0.25) is 0 Å². The van der Waals surface area contributed by atoms with Gasteiger partial charge in [0.25, 0.3) is 10.0 Å². The molecule has 252 valence electrons. The maximum atomic E-state index is 14.7. The topological polar surface area (TPSA) is 96.0 Å². The minimum absolute atomic E-state index is 0.0325. The molecule has 0 heterocycles. The minimum atomic E-state index is -4.19. The number of rotatable bonds is 13. The van der Waals surface area contributed by atoms with Crippen LogP contribution in [0.25, 0.3) is 0 Å². The van der Waals surface area contributed by atoms with E-state index in [1.54, 1.807) is 48.5 Å². The third kappa shape index (κ3) is 9.05. The van der Waals surface area contributed by atoms with Gasteiger partial charge in [-0.2, -0.15) is 0 Å². The normalized spacial score (nSPS) is 14.1. The van der Waals surface area contributed by atoms with Gasteiger partial charge in [0.05, 0.1) is 17.7 Å². The van der Waals surface area contributed by atoms with E-state index < -0.39 is 28.5 Å². The molecule has 4 aromatic rings. The number of hydrogen-bond donors (Lipinski definition) is 1. The number of hydrogen-bond acceptors (Lipinski definition) is 5. The van der Waals surface area contributed by atoms with Crippen molar-refractivity contribution in [2.75, 3.05) is 18.0 Å². The largest absolute Gasteiger partial charge is 0.497 e. The van der Waals surface area contributed by atoms with Crippen molar-refractivity contribution in [2.45, 2.75) is 69.0 Å². The highest BCUT2D eigenvalue weighted by molar-refractivity contribution is 9.10. The Kier molecular flexibility index (Phi) is 11.9. The second-order valence-corrected chi connectivity index (χ2v) is 15.0. The van der Waals surface area contributed by atoms with Gasteiger partial charge in [-0.05, 0) is 79.4 Å². The first-order valence-corrected chi connectivity index (χ1v) is 18.5. The number of aryl methyl sites for hydroxylation is 1. The van der Waals surface area contributed by atoms with Crippen molar-refractivity contribution < 1.29 is 22.7 Å².